The van der Waals surface area contributed by atoms with Gasteiger partial charge in [0, 0.05) is 39.6 Å². The molecule has 0 amide bonds. The molecule has 88 valence electrons. The third-order valence-corrected chi connectivity index (χ3v) is 3.51. The third-order valence-electron chi connectivity index (χ3n) is 3.51. The Kier molecular flexibility index (Phi) is 2.05. The number of aryl methyl sites for hydroxylation is 1. The molecule has 0 spiro atoms. The van der Waals surface area contributed by atoms with Gasteiger partial charge in [-0.25, -0.2) is 0 Å². The maximum Gasteiger partial charge on any atom is 0.0426 e. The molecule has 0 saturated heterocycles. The minimum absolute atomic E-state index is 0.278. The van der Waals surface area contributed by atoms with E-state index in [1.807, 2.05) is 19.2 Å². The van der Waals surface area contributed by atoms with Gasteiger partial charge in [-0.05, 0) is 44.9 Å². The number of hydrogen-bond donors (Lipinski definition) is 2. The molecule has 0 radical (unpaired) electrons. The fourth-order valence-electron chi connectivity index (χ4n) is 2.11. The van der Waals surface area contributed by atoms with Crippen molar-refractivity contribution < 1.29 is 0 Å². The molecule has 3 nitrogen and oxygen atoms in total. The van der Waals surface area contributed by atoms with Gasteiger partial charge in [0.15, 0.2) is 0 Å². The lowest BCUT2D eigenvalue weighted by Crippen LogP contribution is -2.16. The molecule has 0 atom stereocenters. The third kappa shape index (κ3) is 1.82. The van der Waals surface area contributed by atoms with Gasteiger partial charge < -0.3 is 11.1 Å². The van der Waals surface area contributed by atoms with Crippen LogP contribution in [-0.2, 0) is 0 Å². The first kappa shape index (κ1) is 10.4. The molecule has 1 aliphatic carbocycles. The second-order valence-electron chi connectivity index (χ2n) is 5.26. The van der Waals surface area contributed by atoms with E-state index in [0.717, 1.165) is 16.8 Å². The average Bonchev–Trinajstić information content (AvgIpc) is 3.01. The topological polar surface area (TPSA) is 50.9 Å². The number of nitrogens with two attached hydrogens (primary N) is 1. The quantitative estimate of drug-likeness (QED) is 0.775. The molecule has 1 saturated carbocycles. The molecule has 0 aliphatic heterocycles. The van der Waals surface area contributed by atoms with Gasteiger partial charge in [-0.2, -0.15) is 0 Å². The first-order valence-electron chi connectivity index (χ1n) is 6.00. The van der Waals surface area contributed by atoms with Crippen molar-refractivity contribution >= 4 is 22.1 Å². The van der Waals surface area contributed by atoms with Crippen LogP contribution in [0.2, 0.25) is 0 Å². The minimum atomic E-state index is 0.278. The molecule has 2 aromatic rings. The number of hydrogen-bond acceptors (Lipinski definition) is 3. The molecular weight excluding hydrogens is 210 g/mol. The zero-order chi connectivity index (χ0) is 12.0. The summed E-state index contributed by atoms with van der Waals surface area (Å²) in [5.74, 6) is 0. The number of pyridine rings is 1. The number of nitrogens with one attached hydrogen (secondary N) is 1. The van der Waals surface area contributed by atoms with Gasteiger partial charge in [0.25, 0.3) is 0 Å². The van der Waals surface area contributed by atoms with Crippen LogP contribution in [0.5, 0.6) is 0 Å². The summed E-state index contributed by atoms with van der Waals surface area (Å²) in [6.07, 6.45) is 4.34. The van der Waals surface area contributed by atoms with Crippen molar-refractivity contribution in [2.24, 2.45) is 0 Å². The van der Waals surface area contributed by atoms with Crippen molar-refractivity contribution in [1.82, 2.24) is 4.98 Å². The summed E-state index contributed by atoms with van der Waals surface area (Å²) in [7, 11) is 0. The van der Waals surface area contributed by atoms with Crippen LogP contribution < -0.4 is 11.1 Å². The highest BCUT2D eigenvalue weighted by Crippen LogP contribution is 2.40. The molecule has 1 aromatic heterocycles. The Bertz CT molecular complexity index is 585. The van der Waals surface area contributed by atoms with Crippen molar-refractivity contribution in [3.63, 3.8) is 0 Å². The summed E-state index contributed by atoms with van der Waals surface area (Å²) >= 11 is 0. The molecule has 3 heteroatoms. The summed E-state index contributed by atoms with van der Waals surface area (Å²) in [5.41, 5.74) is 9.24. The van der Waals surface area contributed by atoms with Crippen molar-refractivity contribution in [1.29, 1.82) is 0 Å². The van der Waals surface area contributed by atoms with Crippen LogP contribution in [0, 0.1) is 6.92 Å². The zero-order valence-electron chi connectivity index (χ0n) is 10.2. The van der Waals surface area contributed by atoms with Gasteiger partial charge in [0.05, 0.1) is 0 Å². The van der Waals surface area contributed by atoms with Crippen LogP contribution in [0.3, 0.4) is 0 Å². The number of anilines is 2. The van der Waals surface area contributed by atoms with Gasteiger partial charge in [-0.3, -0.25) is 4.98 Å². The van der Waals surface area contributed by atoms with Gasteiger partial charge >= 0.3 is 0 Å². The lowest BCUT2D eigenvalue weighted by atomic mass is 10.1. The van der Waals surface area contributed by atoms with E-state index in [1.165, 1.54) is 23.9 Å². The van der Waals surface area contributed by atoms with Crippen molar-refractivity contribution in [2.75, 3.05) is 11.1 Å². The Morgan fingerprint density at radius 3 is 2.76 bits per heavy atom. The molecular formula is C14H17N3. The predicted octanol–water partition coefficient (Wildman–Crippen LogP) is 3.09. The Hall–Kier alpha value is -1.77. The molecule has 1 heterocycles. The van der Waals surface area contributed by atoms with E-state index in [0.29, 0.717) is 0 Å². The van der Waals surface area contributed by atoms with Crippen LogP contribution >= 0.6 is 0 Å². The summed E-state index contributed by atoms with van der Waals surface area (Å²) in [4.78, 5) is 4.31. The normalized spacial score (nSPS) is 17.1. The van der Waals surface area contributed by atoms with E-state index in [2.05, 4.69) is 29.4 Å². The highest BCUT2D eigenvalue weighted by Gasteiger charge is 2.37. The zero-order valence-corrected chi connectivity index (χ0v) is 10.2. The summed E-state index contributed by atoms with van der Waals surface area (Å²) in [5, 5.41) is 5.81. The van der Waals surface area contributed by atoms with Gasteiger partial charge in [-0.1, -0.05) is 0 Å². The molecule has 1 aliphatic rings. The first-order valence-corrected chi connectivity index (χ1v) is 6.00. The van der Waals surface area contributed by atoms with Gasteiger partial charge in [0.1, 0.15) is 0 Å². The highest BCUT2D eigenvalue weighted by atomic mass is 15.0. The van der Waals surface area contributed by atoms with Gasteiger partial charge in [0.2, 0.25) is 0 Å². The number of nitrogen functional groups attached to an aromatic ring is 1. The Balaban J connectivity index is 2.17. The highest BCUT2D eigenvalue weighted by molar-refractivity contribution is 6.01. The smallest absolute Gasteiger partial charge is 0.0426 e. The molecule has 0 bridgehead atoms. The van der Waals surface area contributed by atoms with Crippen molar-refractivity contribution in [2.45, 2.75) is 32.2 Å². The second kappa shape index (κ2) is 3.36. The van der Waals surface area contributed by atoms with Gasteiger partial charge in [-0.15, -0.1) is 0 Å². The van der Waals surface area contributed by atoms with Crippen LogP contribution in [0.1, 0.15) is 25.5 Å². The maximum atomic E-state index is 5.99. The monoisotopic (exact) mass is 227 g/mol. The van der Waals surface area contributed by atoms with Crippen molar-refractivity contribution in [3.05, 3.63) is 30.1 Å². The number of nitrogens with zero attached hydrogens (tertiary/aromatic N) is 1. The maximum absolute atomic E-state index is 5.99. The van der Waals surface area contributed by atoms with E-state index < -0.39 is 0 Å². The molecule has 3 N–H and O–H groups in total. The van der Waals surface area contributed by atoms with E-state index in [-0.39, 0.29) is 5.54 Å². The number of aromatic nitrogens is 1. The summed E-state index contributed by atoms with van der Waals surface area (Å²) in [6, 6.07) is 6.12. The molecule has 0 unspecified atom stereocenters. The second-order valence-corrected chi connectivity index (χ2v) is 5.26. The van der Waals surface area contributed by atoms with Crippen LogP contribution in [0.15, 0.2) is 24.4 Å². The number of fused-ring (bicyclic) bond motifs is 1. The standard InChI is InChI=1S/C14H17N3/c1-9-7-10-11(8-16-9)12(15)3-4-13(10)17-14(2)5-6-14/h3-4,7-8,17H,5-6,15H2,1-2H3. The lowest BCUT2D eigenvalue weighted by Gasteiger charge is -2.16. The molecule has 1 fully saturated rings. The SMILES string of the molecule is Cc1cc2c(NC3(C)CC3)ccc(N)c2cn1. The van der Waals surface area contributed by atoms with Crippen LogP contribution in [-0.4, -0.2) is 10.5 Å². The van der Waals surface area contributed by atoms with Crippen LogP contribution in [0.4, 0.5) is 11.4 Å². The molecule has 1 aromatic carbocycles. The Morgan fingerprint density at radius 2 is 2.06 bits per heavy atom. The van der Waals surface area contributed by atoms with E-state index in [1.54, 1.807) is 0 Å². The number of benzene rings is 1. The fourth-order valence-corrected chi connectivity index (χ4v) is 2.11. The first-order chi connectivity index (χ1) is 8.07. The lowest BCUT2D eigenvalue weighted by molar-refractivity contribution is 0.831. The fraction of sp³-hybridized carbons (Fsp3) is 0.357. The van der Waals surface area contributed by atoms with E-state index in [4.69, 9.17) is 5.73 Å². The largest absolute Gasteiger partial charge is 0.398 e. The molecule has 3 rings (SSSR count). The molecule has 17 heavy (non-hydrogen) atoms. The Morgan fingerprint density at radius 1 is 1.29 bits per heavy atom. The summed E-state index contributed by atoms with van der Waals surface area (Å²) in [6.45, 7) is 4.26. The van der Waals surface area contributed by atoms with Crippen LogP contribution in [0.25, 0.3) is 10.8 Å². The average molecular weight is 227 g/mol. The van der Waals surface area contributed by atoms with E-state index in [9.17, 15) is 0 Å². The van der Waals surface area contributed by atoms with E-state index >= 15 is 0 Å². The summed E-state index contributed by atoms with van der Waals surface area (Å²) < 4.78 is 0. The van der Waals surface area contributed by atoms with Crippen molar-refractivity contribution in [3.8, 4) is 0 Å². The number of rotatable bonds is 2. The predicted molar refractivity (Wildman–Crippen MR) is 72.2 cm³/mol. The Labute approximate surface area is 101 Å². The minimum Gasteiger partial charge on any atom is -0.398 e.